The SMILES string of the molecule is C#CC1CC(C)CN1C(=O)C1CC1(C)F. The van der Waals surface area contributed by atoms with Gasteiger partial charge in [-0.15, -0.1) is 6.42 Å². The van der Waals surface area contributed by atoms with E-state index in [0.717, 1.165) is 6.42 Å². The highest BCUT2D eigenvalue weighted by Crippen LogP contribution is 2.48. The van der Waals surface area contributed by atoms with Crippen molar-refractivity contribution < 1.29 is 9.18 Å². The van der Waals surface area contributed by atoms with Gasteiger partial charge in [0, 0.05) is 6.54 Å². The van der Waals surface area contributed by atoms with Crippen LogP contribution in [0, 0.1) is 24.2 Å². The molecule has 1 aliphatic carbocycles. The van der Waals surface area contributed by atoms with Gasteiger partial charge in [-0.05, 0) is 25.7 Å². The Hall–Kier alpha value is -1.04. The van der Waals surface area contributed by atoms with Gasteiger partial charge < -0.3 is 4.90 Å². The second-order valence-corrected chi connectivity index (χ2v) is 5.05. The van der Waals surface area contributed by atoms with Gasteiger partial charge >= 0.3 is 0 Å². The van der Waals surface area contributed by atoms with Gasteiger partial charge in [0.25, 0.3) is 0 Å². The number of alkyl halides is 1. The second kappa shape index (κ2) is 3.23. The van der Waals surface area contributed by atoms with E-state index in [1.807, 2.05) is 0 Å². The monoisotopic (exact) mass is 209 g/mol. The van der Waals surface area contributed by atoms with Crippen LogP contribution in [0.2, 0.25) is 0 Å². The predicted octanol–water partition coefficient (Wildman–Crippen LogP) is 1.60. The molecule has 0 N–H and O–H groups in total. The van der Waals surface area contributed by atoms with Crippen LogP contribution in [0.5, 0.6) is 0 Å². The molecule has 2 rings (SSSR count). The van der Waals surface area contributed by atoms with Crippen molar-refractivity contribution in [2.75, 3.05) is 6.54 Å². The summed E-state index contributed by atoms with van der Waals surface area (Å²) in [5.74, 6) is 2.51. The minimum Gasteiger partial charge on any atom is -0.328 e. The van der Waals surface area contributed by atoms with Crippen molar-refractivity contribution in [3.63, 3.8) is 0 Å². The highest BCUT2D eigenvalue weighted by Gasteiger charge is 2.58. The van der Waals surface area contributed by atoms with Gasteiger partial charge in [-0.1, -0.05) is 12.8 Å². The molecule has 0 aromatic heterocycles. The lowest BCUT2D eigenvalue weighted by atomic mass is 10.1. The molecule has 1 amide bonds. The van der Waals surface area contributed by atoms with Gasteiger partial charge in [0.2, 0.25) is 5.91 Å². The van der Waals surface area contributed by atoms with E-state index in [1.165, 1.54) is 6.92 Å². The third-order valence-corrected chi connectivity index (χ3v) is 3.45. The number of nitrogens with zero attached hydrogens (tertiary/aromatic N) is 1. The number of carbonyl (C=O) groups excluding carboxylic acids is 1. The first kappa shape index (κ1) is 10.5. The highest BCUT2D eigenvalue weighted by molar-refractivity contribution is 5.84. The maximum absolute atomic E-state index is 13.4. The number of carbonyl (C=O) groups is 1. The summed E-state index contributed by atoms with van der Waals surface area (Å²) in [7, 11) is 0. The zero-order chi connectivity index (χ0) is 11.2. The average Bonchev–Trinajstić information content (AvgIpc) is 2.63. The Labute approximate surface area is 89.8 Å². The largest absolute Gasteiger partial charge is 0.328 e. The molecule has 1 saturated heterocycles. The predicted molar refractivity (Wildman–Crippen MR) is 55.7 cm³/mol. The number of hydrogen-bond acceptors (Lipinski definition) is 1. The van der Waals surface area contributed by atoms with Gasteiger partial charge in [0.1, 0.15) is 5.67 Å². The van der Waals surface area contributed by atoms with E-state index in [-0.39, 0.29) is 11.9 Å². The lowest BCUT2D eigenvalue weighted by Crippen LogP contribution is -2.37. The van der Waals surface area contributed by atoms with Crippen molar-refractivity contribution in [1.29, 1.82) is 0 Å². The first-order chi connectivity index (χ1) is 6.95. The van der Waals surface area contributed by atoms with Crippen molar-refractivity contribution in [2.45, 2.75) is 38.4 Å². The molecule has 2 nitrogen and oxygen atoms in total. The smallest absolute Gasteiger partial charge is 0.230 e. The first-order valence-corrected chi connectivity index (χ1v) is 5.41. The molecule has 4 atom stereocenters. The summed E-state index contributed by atoms with van der Waals surface area (Å²) in [5.41, 5.74) is -1.29. The van der Waals surface area contributed by atoms with E-state index < -0.39 is 11.6 Å². The molecule has 0 radical (unpaired) electrons. The number of hydrogen-bond donors (Lipinski definition) is 0. The fraction of sp³-hybridized carbons (Fsp3) is 0.750. The Morgan fingerprint density at radius 3 is 2.73 bits per heavy atom. The normalized spacial score (nSPS) is 43.9. The van der Waals surface area contributed by atoms with E-state index >= 15 is 0 Å². The van der Waals surface area contributed by atoms with Crippen molar-refractivity contribution in [1.82, 2.24) is 4.90 Å². The molecule has 4 unspecified atom stereocenters. The Balaban J connectivity index is 2.05. The lowest BCUT2D eigenvalue weighted by molar-refractivity contribution is -0.133. The average molecular weight is 209 g/mol. The minimum atomic E-state index is -1.29. The first-order valence-electron chi connectivity index (χ1n) is 5.41. The quantitative estimate of drug-likeness (QED) is 0.601. The molecule has 2 fully saturated rings. The molecular formula is C12H16FNO. The standard InChI is InChI=1S/C12H16FNO/c1-4-9-5-8(2)7-14(9)11(15)10-6-12(10,3)13/h1,8-10H,5-7H2,2-3H3. The van der Waals surface area contributed by atoms with Crippen molar-refractivity contribution in [2.24, 2.45) is 11.8 Å². The molecule has 2 aliphatic rings. The number of terminal acetylenes is 1. The van der Waals surface area contributed by atoms with E-state index in [4.69, 9.17) is 6.42 Å². The van der Waals surface area contributed by atoms with E-state index in [9.17, 15) is 9.18 Å². The Morgan fingerprint density at radius 1 is 1.67 bits per heavy atom. The van der Waals surface area contributed by atoms with Crippen LogP contribution in [0.15, 0.2) is 0 Å². The van der Waals surface area contributed by atoms with E-state index in [0.29, 0.717) is 18.9 Å². The third kappa shape index (κ3) is 1.73. The zero-order valence-corrected chi connectivity index (χ0v) is 9.16. The highest BCUT2D eigenvalue weighted by atomic mass is 19.1. The third-order valence-electron chi connectivity index (χ3n) is 3.45. The summed E-state index contributed by atoms with van der Waals surface area (Å²) >= 11 is 0. The number of rotatable bonds is 1. The van der Waals surface area contributed by atoms with E-state index in [2.05, 4.69) is 12.8 Å². The fourth-order valence-electron chi connectivity index (χ4n) is 2.33. The van der Waals surface area contributed by atoms with Crippen LogP contribution in [0.4, 0.5) is 4.39 Å². The molecule has 0 aromatic rings. The van der Waals surface area contributed by atoms with Gasteiger partial charge in [0.15, 0.2) is 0 Å². The van der Waals surface area contributed by atoms with Crippen LogP contribution in [-0.2, 0) is 4.79 Å². The van der Waals surface area contributed by atoms with Gasteiger partial charge in [-0.25, -0.2) is 4.39 Å². The maximum Gasteiger partial charge on any atom is 0.230 e. The van der Waals surface area contributed by atoms with Crippen LogP contribution >= 0.6 is 0 Å². The molecule has 15 heavy (non-hydrogen) atoms. The Kier molecular flexibility index (Phi) is 2.26. The van der Waals surface area contributed by atoms with Crippen molar-refractivity contribution in [3.8, 4) is 12.3 Å². The summed E-state index contributed by atoms with van der Waals surface area (Å²) in [6.07, 6.45) is 6.58. The fourth-order valence-corrected chi connectivity index (χ4v) is 2.33. The molecule has 82 valence electrons. The summed E-state index contributed by atoms with van der Waals surface area (Å²) in [5, 5.41) is 0. The Morgan fingerprint density at radius 2 is 2.27 bits per heavy atom. The van der Waals surface area contributed by atoms with Crippen LogP contribution < -0.4 is 0 Å². The lowest BCUT2D eigenvalue weighted by Gasteiger charge is -2.20. The molecule has 0 spiro atoms. The van der Waals surface area contributed by atoms with E-state index in [1.54, 1.807) is 4.90 Å². The van der Waals surface area contributed by atoms with Crippen LogP contribution in [-0.4, -0.2) is 29.1 Å². The summed E-state index contributed by atoms with van der Waals surface area (Å²) in [6, 6.07) is -0.121. The summed E-state index contributed by atoms with van der Waals surface area (Å²) in [6.45, 7) is 4.24. The molecule has 3 heteroatoms. The van der Waals surface area contributed by atoms with Gasteiger partial charge in [-0.2, -0.15) is 0 Å². The van der Waals surface area contributed by atoms with Crippen molar-refractivity contribution >= 4 is 5.91 Å². The van der Waals surface area contributed by atoms with Crippen LogP contribution in [0.3, 0.4) is 0 Å². The number of halogens is 1. The number of amides is 1. The summed E-state index contributed by atoms with van der Waals surface area (Å²) in [4.78, 5) is 13.6. The molecule has 0 aromatic carbocycles. The molecule has 1 aliphatic heterocycles. The molecule has 1 heterocycles. The van der Waals surface area contributed by atoms with Crippen molar-refractivity contribution in [3.05, 3.63) is 0 Å². The Bertz CT molecular complexity index is 331. The van der Waals surface area contributed by atoms with Gasteiger partial charge in [-0.3, -0.25) is 4.79 Å². The molecule has 0 bridgehead atoms. The summed E-state index contributed by atoms with van der Waals surface area (Å²) < 4.78 is 13.4. The number of likely N-dealkylation sites (tertiary alicyclic amines) is 1. The maximum atomic E-state index is 13.4. The van der Waals surface area contributed by atoms with Gasteiger partial charge in [0.05, 0.1) is 12.0 Å². The second-order valence-electron chi connectivity index (χ2n) is 5.05. The van der Waals surface area contributed by atoms with Crippen LogP contribution in [0.1, 0.15) is 26.7 Å². The molecular weight excluding hydrogens is 193 g/mol. The minimum absolute atomic E-state index is 0.0905. The van der Waals surface area contributed by atoms with Crippen LogP contribution in [0.25, 0.3) is 0 Å². The topological polar surface area (TPSA) is 20.3 Å². The molecule has 1 saturated carbocycles. The zero-order valence-electron chi connectivity index (χ0n) is 9.16.